The SMILES string of the molecule is O=C(COC(=O)c1ccc(N2C(=O)[C@H]3CC=CC[C@@H]3C2=O)cc1)Nc1cccc2ccccc12. The van der Waals surface area contributed by atoms with Crippen LogP contribution >= 0.6 is 0 Å². The van der Waals surface area contributed by atoms with Crippen LogP contribution in [0, 0.1) is 11.8 Å². The molecule has 7 nitrogen and oxygen atoms in total. The van der Waals surface area contributed by atoms with Gasteiger partial charge >= 0.3 is 5.97 Å². The lowest BCUT2D eigenvalue weighted by molar-refractivity contribution is -0.122. The number of rotatable bonds is 5. The number of carbonyl (C=O) groups is 4. The first-order valence-electron chi connectivity index (χ1n) is 11.1. The highest BCUT2D eigenvalue weighted by molar-refractivity contribution is 6.22. The van der Waals surface area contributed by atoms with Gasteiger partial charge in [0.1, 0.15) is 0 Å². The van der Waals surface area contributed by atoms with Gasteiger partial charge in [-0.3, -0.25) is 19.3 Å². The highest BCUT2D eigenvalue weighted by atomic mass is 16.5. The zero-order valence-corrected chi connectivity index (χ0v) is 18.3. The number of allylic oxidation sites excluding steroid dienone is 2. The molecule has 1 fully saturated rings. The van der Waals surface area contributed by atoms with Gasteiger partial charge in [0.15, 0.2) is 6.61 Å². The van der Waals surface area contributed by atoms with E-state index in [2.05, 4.69) is 5.32 Å². The van der Waals surface area contributed by atoms with E-state index in [1.807, 2.05) is 48.6 Å². The number of nitrogens with zero attached hydrogens (tertiary/aromatic N) is 1. The minimum absolute atomic E-state index is 0.209. The van der Waals surface area contributed by atoms with Crippen molar-refractivity contribution in [2.45, 2.75) is 12.8 Å². The summed E-state index contributed by atoms with van der Waals surface area (Å²) in [5.41, 5.74) is 1.29. The molecule has 0 spiro atoms. The molecule has 1 saturated heterocycles. The van der Waals surface area contributed by atoms with Crippen molar-refractivity contribution in [1.29, 1.82) is 0 Å². The zero-order valence-electron chi connectivity index (χ0n) is 18.3. The van der Waals surface area contributed by atoms with Crippen LogP contribution in [0.4, 0.5) is 11.4 Å². The Balaban J connectivity index is 1.21. The maximum Gasteiger partial charge on any atom is 0.338 e. The Bertz CT molecular complexity index is 1300. The number of carbonyl (C=O) groups excluding carboxylic acids is 4. The van der Waals surface area contributed by atoms with Gasteiger partial charge in [0.05, 0.1) is 23.1 Å². The number of hydrogen-bond acceptors (Lipinski definition) is 5. The zero-order chi connectivity index (χ0) is 23.7. The molecule has 2 aliphatic rings. The van der Waals surface area contributed by atoms with Gasteiger partial charge in [-0.25, -0.2) is 4.79 Å². The second kappa shape index (κ2) is 8.94. The number of amides is 3. The summed E-state index contributed by atoms with van der Waals surface area (Å²) in [6.45, 7) is -0.441. The van der Waals surface area contributed by atoms with Gasteiger partial charge in [0, 0.05) is 11.1 Å². The van der Waals surface area contributed by atoms with E-state index in [1.165, 1.54) is 17.0 Å². The van der Waals surface area contributed by atoms with E-state index < -0.39 is 18.5 Å². The van der Waals surface area contributed by atoms with Gasteiger partial charge in [-0.15, -0.1) is 0 Å². The fourth-order valence-corrected chi connectivity index (χ4v) is 4.54. The normalized spacial score (nSPS) is 19.2. The van der Waals surface area contributed by atoms with E-state index in [-0.39, 0.29) is 29.2 Å². The van der Waals surface area contributed by atoms with E-state index in [9.17, 15) is 19.2 Å². The quantitative estimate of drug-likeness (QED) is 0.356. The van der Waals surface area contributed by atoms with Crippen LogP contribution in [0.15, 0.2) is 78.9 Å². The van der Waals surface area contributed by atoms with Crippen molar-refractivity contribution < 1.29 is 23.9 Å². The topological polar surface area (TPSA) is 92.8 Å². The minimum atomic E-state index is -0.670. The molecule has 7 heteroatoms. The highest BCUT2D eigenvalue weighted by Gasteiger charge is 2.47. The fraction of sp³-hybridized carbons (Fsp3) is 0.185. The number of ether oxygens (including phenoxy) is 1. The predicted octanol–water partition coefficient (Wildman–Crippen LogP) is 4.09. The molecule has 0 unspecified atom stereocenters. The van der Waals surface area contributed by atoms with Crippen LogP contribution in [0.5, 0.6) is 0 Å². The Kier molecular flexibility index (Phi) is 5.67. The van der Waals surface area contributed by atoms with Gasteiger partial charge in [-0.1, -0.05) is 48.6 Å². The maximum absolute atomic E-state index is 12.7. The van der Waals surface area contributed by atoms with Gasteiger partial charge in [0.2, 0.25) is 11.8 Å². The molecule has 0 radical (unpaired) electrons. The molecule has 3 aromatic carbocycles. The highest BCUT2D eigenvalue weighted by Crippen LogP contribution is 2.37. The van der Waals surface area contributed by atoms with Gasteiger partial charge in [0.25, 0.3) is 5.91 Å². The second-order valence-corrected chi connectivity index (χ2v) is 8.37. The average Bonchev–Trinajstić information content (AvgIpc) is 3.13. The lowest BCUT2D eigenvalue weighted by Gasteiger charge is -2.15. The van der Waals surface area contributed by atoms with Crippen molar-refractivity contribution in [1.82, 2.24) is 0 Å². The Hall–Kier alpha value is -4.26. The molecule has 1 heterocycles. The lowest BCUT2D eigenvalue weighted by Crippen LogP contribution is -2.30. The van der Waals surface area contributed by atoms with E-state index in [1.54, 1.807) is 18.2 Å². The van der Waals surface area contributed by atoms with Crippen molar-refractivity contribution in [2.24, 2.45) is 11.8 Å². The van der Waals surface area contributed by atoms with Gasteiger partial charge in [-0.2, -0.15) is 0 Å². The van der Waals surface area contributed by atoms with Crippen LogP contribution in [0.2, 0.25) is 0 Å². The van der Waals surface area contributed by atoms with E-state index >= 15 is 0 Å². The molecule has 1 aliphatic heterocycles. The molecule has 0 saturated carbocycles. The molecular weight excluding hydrogens is 432 g/mol. The molecule has 3 amide bonds. The molecule has 0 bridgehead atoms. The van der Waals surface area contributed by atoms with Crippen molar-refractivity contribution >= 4 is 45.8 Å². The number of fused-ring (bicyclic) bond motifs is 2. The number of hydrogen-bond donors (Lipinski definition) is 1. The van der Waals surface area contributed by atoms with Gasteiger partial charge in [-0.05, 0) is 48.6 Å². The third-order valence-corrected chi connectivity index (χ3v) is 6.27. The van der Waals surface area contributed by atoms with Crippen LogP contribution in [0.25, 0.3) is 10.8 Å². The molecule has 1 N–H and O–H groups in total. The average molecular weight is 454 g/mol. The third-order valence-electron chi connectivity index (χ3n) is 6.27. The smallest absolute Gasteiger partial charge is 0.338 e. The summed E-state index contributed by atoms with van der Waals surface area (Å²) in [7, 11) is 0. The van der Waals surface area contributed by atoms with E-state index in [0.29, 0.717) is 24.2 Å². The van der Waals surface area contributed by atoms with Crippen molar-refractivity contribution in [3.05, 3.63) is 84.4 Å². The summed E-state index contributed by atoms with van der Waals surface area (Å²) in [5, 5.41) is 4.65. The van der Waals surface area contributed by atoms with Crippen molar-refractivity contribution in [2.75, 3.05) is 16.8 Å². The summed E-state index contributed by atoms with van der Waals surface area (Å²) in [5.74, 6) is -2.17. The van der Waals surface area contributed by atoms with Crippen LogP contribution in [-0.4, -0.2) is 30.3 Å². The first-order valence-corrected chi connectivity index (χ1v) is 11.1. The number of imide groups is 1. The summed E-state index contributed by atoms with van der Waals surface area (Å²) < 4.78 is 5.15. The van der Waals surface area contributed by atoms with Crippen molar-refractivity contribution in [3.63, 3.8) is 0 Å². The first-order chi connectivity index (χ1) is 16.5. The summed E-state index contributed by atoms with van der Waals surface area (Å²) in [6.07, 6.45) is 5.00. The standard InChI is InChI=1S/C27H22N2O5/c30-24(28-23-11-5-7-17-6-1-2-8-20(17)23)16-34-27(33)18-12-14-19(15-13-18)29-25(31)21-9-3-4-10-22(21)26(29)32/h1-8,11-15,21-22H,9-10,16H2,(H,28,30)/t21-,22-/m0/s1. The second-order valence-electron chi connectivity index (χ2n) is 8.37. The number of esters is 1. The largest absolute Gasteiger partial charge is 0.452 e. The maximum atomic E-state index is 12.7. The Morgan fingerprint density at radius 1 is 0.853 bits per heavy atom. The summed E-state index contributed by atoms with van der Waals surface area (Å²) >= 11 is 0. The molecule has 0 aromatic heterocycles. The lowest BCUT2D eigenvalue weighted by atomic mass is 9.85. The third kappa shape index (κ3) is 3.96. The number of benzene rings is 3. The molecule has 5 rings (SSSR count). The molecule has 3 aromatic rings. The van der Waals surface area contributed by atoms with Gasteiger partial charge < -0.3 is 10.1 Å². The molecule has 2 atom stereocenters. The Morgan fingerprint density at radius 2 is 1.50 bits per heavy atom. The predicted molar refractivity (Wildman–Crippen MR) is 127 cm³/mol. The molecule has 170 valence electrons. The van der Waals surface area contributed by atoms with Crippen LogP contribution < -0.4 is 10.2 Å². The van der Waals surface area contributed by atoms with Crippen LogP contribution in [0.1, 0.15) is 23.2 Å². The first kappa shape index (κ1) is 21.6. The fourth-order valence-electron chi connectivity index (χ4n) is 4.54. The monoisotopic (exact) mass is 454 g/mol. The van der Waals surface area contributed by atoms with Crippen LogP contribution in [0.3, 0.4) is 0 Å². The van der Waals surface area contributed by atoms with E-state index in [0.717, 1.165) is 10.8 Å². The summed E-state index contributed by atoms with van der Waals surface area (Å²) in [4.78, 5) is 51.4. The Labute approximate surface area is 196 Å². The molecular formula is C27H22N2O5. The Morgan fingerprint density at radius 3 is 2.21 bits per heavy atom. The van der Waals surface area contributed by atoms with Crippen LogP contribution in [-0.2, 0) is 19.1 Å². The number of nitrogens with one attached hydrogen (secondary N) is 1. The molecule has 1 aliphatic carbocycles. The van der Waals surface area contributed by atoms with E-state index in [4.69, 9.17) is 4.74 Å². The van der Waals surface area contributed by atoms with Crippen molar-refractivity contribution in [3.8, 4) is 0 Å². The minimum Gasteiger partial charge on any atom is -0.452 e. The molecule has 34 heavy (non-hydrogen) atoms. The summed E-state index contributed by atoms with van der Waals surface area (Å²) in [6, 6.07) is 19.3. The number of anilines is 2.